The van der Waals surface area contributed by atoms with Crippen LogP contribution in [0.15, 0.2) is 49.8 Å². The van der Waals surface area contributed by atoms with Gasteiger partial charge in [-0.3, -0.25) is 0 Å². The first-order valence-electron chi connectivity index (χ1n) is 8.01. The van der Waals surface area contributed by atoms with E-state index in [0.717, 1.165) is 36.4 Å². The lowest BCUT2D eigenvalue weighted by molar-refractivity contribution is 0.298. The minimum Gasteiger partial charge on any atom is -0.384 e. The van der Waals surface area contributed by atoms with Crippen LogP contribution in [-0.2, 0) is 4.57 Å². The fourth-order valence-electron chi connectivity index (χ4n) is 2.14. The lowest BCUT2D eigenvalue weighted by Crippen LogP contribution is -2.09. The van der Waals surface area contributed by atoms with Gasteiger partial charge in [-0.2, -0.15) is 4.57 Å². The highest BCUT2D eigenvalue weighted by Gasteiger charge is 2.36. The SMILES string of the molecule is C.O=P(Oc1cc(Br)c(F)cc1Cl)(Oc1cc(Br)c(F)cc1Cl)Oc1cc(Br)c(F)cc1Cl. The Morgan fingerprint density at radius 1 is 0.606 bits per heavy atom. The van der Waals surface area contributed by atoms with E-state index in [9.17, 15) is 17.7 Å². The summed E-state index contributed by atoms with van der Waals surface area (Å²) in [6.45, 7) is 0. The van der Waals surface area contributed by atoms with Gasteiger partial charge >= 0.3 is 7.82 Å². The van der Waals surface area contributed by atoms with Crippen LogP contribution < -0.4 is 13.6 Å². The number of phosphoric ester groups is 1. The molecule has 33 heavy (non-hydrogen) atoms. The van der Waals surface area contributed by atoms with Crippen LogP contribution >= 0.6 is 90.4 Å². The summed E-state index contributed by atoms with van der Waals surface area (Å²) < 4.78 is 70.7. The van der Waals surface area contributed by atoms with Gasteiger partial charge in [0.2, 0.25) is 0 Å². The van der Waals surface area contributed by atoms with E-state index in [1.54, 1.807) is 0 Å². The molecule has 178 valence electrons. The molecule has 0 saturated heterocycles. The number of hydrogen-bond acceptors (Lipinski definition) is 4. The molecule has 0 heterocycles. The molecular formula is C19H10Br3Cl3F3O4P. The second-order valence-electron chi connectivity index (χ2n) is 5.81. The highest BCUT2D eigenvalue weighted by molar-refractivity contribution is 9.11. The van der Waals surface area contributed by atoms with Gasteiger partial charge in [-0.15, -0.1) is 0 Å². The normalized spacial score (nSPS) is 11.1. The summed E-state index contributed by atoms with van der Waals surface area (Å²) in [6.07, 6.45) is 0. The number of phosphoric acid groups is 1. The fourth-order valence-corrected chi connectivity index (χ4v) is 5.12. The van der Waals surface area contributed by atoms with Gasteiger partial charge in [0.05, 0.1) is 28.5 Å². The summed E-state index contributed by atoms with van der Waals surface area (Å²) in [6, 6.07) is 5.95. The molecular weight excluding hydrogens is 726 g/mol. The standard InChI is InChI=1S/C18H6Br3Cl3F3O4P.CH4/c19-7-1-16(10(22)4-13(7)25)29-32(28,30-17-2-8(20)14(26)5-11(17)23)31-18-3-9(21)15(27)6-12(18)24;/h1-6H;1H4. The molecule has 0 fully saturated rings. The van der Waals surface area contributed by atoms with Gasteiger partial charge in [-0.25, -0.2) is 13.2 Å². The van der Waals surface area contributed by atoms with Crippen molar-refractivity contribution in [3.8, 4) is 17.2 Å². The van der Waals surface area contributed by atoms with Crippen molar-refractivity contribution in [3.05, 3.63) is 82.3 Å². The molecule has 0 spiro atoms. The Balaban J connectivity index is 0.00000385. The third kappa shape index (κ3) is 6.97. The Bertz CT molecular complexity index is 1120. The topological polar surface area (TPSA) is 44.8 Å². The molecule has 0 aliphatic carbocycles. The first-order chi connectivity index (χ1) is 14.9. The molecule has 0 saturated carbocycles. The second-order valence-corrected chi connectivity index (χ2v) is 11.0. The van der Waals surface area contributed by atoms with Crippen LogP contribution in [0.4, 0.5) is 13.2 Å². The van der Waals surface area contributed by atoms with Gasteiger partial charge in [0, 0.05) is 0 Å². The summed E-state index contributed by atoms with van der Waals surface area (Å²) in [5.41, 5.74) is 0. The van der Waals surface area contributed by atoms with Crippen LogP contribution in [0.3, 0.4) is 0 Å². The molecule has 0 amide bonds. The van der Waals surface area contributed by atoms with Crippen molar-refractivity contribution in [2.75, 3.05) is 0 Å². The first-order valence-corrected chi connectivity index (χ1v) is 13.0. The second kappa shape index (κ2) is 11.4. The van der Waals surface area contributed by atoms with Crippen molar-refractivity contribution < 1.29 is 31.3 Å². The van der Waals surface area contributed by atoms with Crippen molar-refractivity contribution >= 4 is 90.4 Å². The molecule has 0 aromatic heterocycles. The predicted molar refractivity (Wildman–Crippen MR) is 134 cm³/mol. The molecule has 0 aliphatic heterocycles. The van der Waals surface area contributed by atoms with Crippen molar-refractivity contribution in [2.45, 2.75) is 7.43 Å². The monoisotopic (exact) mass is 732 g/mol. The fraction of sp³-hybridized carbons (Fsp3) is 0.0526. The zero-order valence-electron chi connectivity index (χ0n) is 14.9. The van der Waals surface area contributed by atoms with Crippen molar-refractivity contribution in [1.29, 1.82) is 0 Å². The Morgan fingerprint density at radius 2 is 0.848 bits per heavy atom. The van der Waals surface area contributed by atoms with E-state index in [4.69, 9.17) is 48.4 Å². The maximum Gasteiger partial charge on any atom is 0.647 e. The van der Waals surface area contributed by atoms with Gasteiger partial charge in [-0.1, -0.05) is 42.2 Å². The third-order valence-corrected chi connectivity index (χ3v) is 7.53. The van der Waals surface area contributed by atoms with Crippen LogP contribution in [0, 0.1) is 17.5 Å². The van der Waals surface area contributed by atoms with Crippen LogP contribution in [0.25, 0.3) is 0 Å². The third-order valence-electron chi connectivity index (χ3n) is 3.55. The zero-order valence-corrected chi connectivity index (χ0v) is 22.9. The Hall–Kier alpha value is -0.610. The van der Waals surface area contributed by atoms with E-state index >= 15 is 0 Å². The predicted octanol–water partition coefficient (Wildman–Crippen LogP) is 10.6. The summed E-state index contributed by atoms with van der Waals surface area (Å²) in [4.78, 5) is 0. The van der Waals surface area contributed by atoms with E-state index in [1.165, 1.54) is 0 Å². The maximum atomic E-state index is 13.7. The summed E-state index contributed by atoms with van der Waals surface area (Å²) >= 11 is 26.8. The van der Waals surface area contributed by atoms with Gasteiger partial charge in [0.1, 0.15) is 17.5 Å². The van der Waals surface area contributed by atoms with Crippen LogP contribution in [0.1, 0.15) is 7.43 Å². The summed E-state index contributed by atoms with van der Waals surface area (Å²) in [5.74, 6) is -3.02. The highest BCUT2D eigenvalue weighted by atomic mass is 79.9. The highest BCUT2D eigenvalue weighted by Crippen LogP contribution is 2.54. The smallest absolute Gasteiger partial charge is 0.384 e. The molecule has 0 unspecified atom stereocenters. The van der Waals surface area contributed by atoms with Crippen LogP contribution in [0.5, 0.6) is 17.2 Å². The lowest BCUT2D eigenvalue weighted by atomic mass is 10.3. The molecule has 3 aromatic carbocycles. The number of halogens is 9. The minimum absolute atomic E-state index is 0. The molecule has 14 heteroatoms. The van der Waals surface area contributed by atoms with E-state index in [1.807, 2.05) is 0 Å². The number of benzene rings is 3. The van der Waals surface area contributed by atoms with E-state index in [2.05, 4.69) is 47.8 Å². The van der Waals surface area contributed by atoms with E-state index in [0.29, 0.717) is 0 Å². The molecule has 0 N–H and O–H groups in total. The molecule has 0 radical (unpaired) electrons. The largest absolute Gasteiger partial charge is 0.647 e. The molecule has 3 aromatic rings. The average molecular weight is 736 g/mol. The van der Waals surface area contributed by atoms with E-state index < -0.39 is 25.3 Å². The summed E-state index contributed by atoms with van der Waals surface area (Å²) in [7, 11) is -4.75. The van der Waals surface area contributed by atoms with Crippen molar-refractivity contribution in [2.24, 2.45) is 0 Å². The molecule has 0 bridgehead atoms. The first kappa shape index (κ1) is 28.6. The van der Waals surface area contributed by atoms with Gasteiger partial charge in [-0.05, 0) is 84.2 Å². The van der Waals surface area contributed by atoms with Gasteiger partial charge in [0.25, 0.3) is 0 Å². The number of hydrogen-bond donors (Lipinski definition) is 0. The minimum atomic E-state index is -4.75. The van der Waals surface area contributed by atoms with Crippen molar-refractivity contribution in [3.63, 3.8) is 0 Å². The molecule has 3 rings (SSSR count). The van der Waals surface area contributed by atoms with Crippen molar-refractivity contribution in [1.82, 2.24) is 0 Å². The zero-order chi connectivity index (χ0) is 23.8. The molecule has 0 aliphatic rings. The van der Waals surface area contributed by atoms with Gasteiger partial charge < -0.3 is 13.6 Å². The van der Waals surface area contributed by atoms with E-state index in [-0.39, 0.29) is 53.2 Å². The quantitative estimate of drug-likeness (QED) is 0.187. The Labute approximate surface area is 227 Å². The lowest BCUT2D eigenvalue weighted by Gasteiger charge is -2.21. The molecule has 0 atom stereocenters. The van der Waals surface area contributed by atoms with Gasteiger partial charge in [0.15, 0.2) is 17.2 Å². The summed E-state index contributed by atoms with van der Waals surface area (Å²) in [5, 5.41) is -0.803. The number of rotatable bonds is 6. The maximum absolute atomic E-state index is 13.7. The Kier molecular flexibility index (Phi) is 9.90. The average Bonchev–Trinajstić information content (AvgIpc) is 2.68. The van der Waals surface area contributed by atoms with Crippen LogP contribution in [-0.4, -0.2) is 0 Å². The molecule has 4 nitrogen and oxygen atoms in total. The van der Waals surface area contributed by atoms with Crippen LogP contribution in [0.2, 0.25) is 15.1 Å². The Morgan fingerprint density at radius 3 is 1.09 bits per heavy atom.